The van der Waals surface area contributed by atoms with E-state index < -0.39 is 12.4 Å². The van der Waals surface area contributed by atoms with Gasteiger partial charge in [-0.1, -0.05) is 0 Å². The number of rotatable bonds is 7. The molecular weight excluding hydrogens is 192 g/mol. The lowest BCUT2D eigenvalue weighted by atomic mass is 10.2. The van der Waals surface area contributed by atoms with E-state index in [4.69, 9.17) is 19.7 Å². The van der Waals surface area contributed by atoms with Crippen molar-refractivity contribution < 1.29 is 19.7 Å². The smallest absolute Gasteiger partial charge is 0.152 e. The lowest BCUT2D eigenvalue weighted by molar-refractivity contribution is -0.169. The maximum absolute atomic E-state index is 8.93. The molecule has 13 heavy (non-hydrogen) atoms. The molecule has 0 amide bonds. The number of thioether (sulfide) groups is 1. The second-order valence-electron chi connectivity index (χ2n) is 2.73. The standard InChI is InChI=1S/C8H18O4S/c1-6(11-5-13-3)8(4-9)12-7(2)10/h6-10H,4-5H2,1-3H3/t6?,7?,8-/m1/s1. The molecule has 0 saturated heterocycles. The van der Waals surface area contributed by atoms with E-state index in [9.17, 15) is 0 Å². The van der Waals surface area contributed by atoms with Crippen LogP contribution in [0.5, 0.6) is 0 Å². The molecule has 5 heteroatoms. The summed E-state index contributed by atoms with van der Waals surface area (Å²) in [7, 11) is 0. The summed E-state index contributed by atoms with van der Waals surface area (Å²) in [6.07, 6.45) is 0.368. The molecule has 0 aliphatic rings. The van der Waals surface area contributed by atoms with Gasteiger partial charge < -0.3 is 19.7 Å². The zero-order chi connectivity index (χ0) is 10.3. The highest BCUT2D eigenvalue weighted by Crippen LogP contribution is 2.07. The Balaban J connectivity index is 3.77. The molecule has 0 aliphatic heterocycles. The normalized spacial score (nSPS) is 18.2. The second-order valence-corrected chi connectivity index (χ2v) is 3.55. The third-order valence-corrected chi connectivity index (χ3v) is 1.90. The molecule has 0 radical (unpaired) electrons. The largest absolute Gasteiger partial charge is 0.394 e. The molecule has 0 aromatic carbocycles. The van der Waals surface area contributed by atoms with E-state index in [-0.39, 0.29) is 12.7 Å². The van der Waals surface area contributed by atoms with Crippen molar-refractivity contribution in [3.8, 4) is 0 Å². The molecule has 0 aromatic rings. The summed E-state index contributed by atoms with van der Waals surface area (Å²) in [5, 5.41) is 17.9. The first-order chi connectivity index (χ1) is 6.11. The third kappa shape index (κ3) is 6.29. The Bertz CT molecular complexity index is 121. The van der Waals surface area contributed by atoms with Gasteiger partial charge in [-0.05, 0) is 20.1 Å². The van der Waals surface area contributed by atoms with Crippen LogP contribution in [0.25, 0.3) is 0 Å². The van der Waals surface area contributed by atoms with Crippen LogP contribution in [-0.2, 0) is 9.47 Å². The van der Waals surface area contributed by atoms with Gasteiger partial charge in [0.25, 0.3) is 0 Å². The number of hydrogen-bond donors (Lipinski definition) is 2. The van der Waals surface area contributed by atoms with Crippen LogP contribution >= 0.6 is 11.8 Å². The van der Waals surface area contributed by atoms with Gasteiger partial charge in [-0.3, -0.25) is 0 Å². The fourth-order valence-electron chi connectivity index (χ4n) is 0.838. The minimum Gasteiger partial charge on any atom is -0.394 e. The van der Waals surface area contributed by atoms with Crippen molar-refractivity contribution in [3.05, 3.63) is 0 Å². The Hall–Kier alpha value is 0.190. The zero-order valence-corrected chi connectivity index (χ0v) is 9.08. The van der Waals surface area contributed by atoms with Gasteiger partial charge in [0.1, 0.15) is 6.10 Å². The van der Waals surface area contributed by atoms with Crippen LogP contribution in [0.1, 0.15) is 13.8 Å². The lowest BCUT2D eigenvalue weighted by Gasteiger charge is -2.23. The summed E-state index contributed by atoms with van der Waals surface area (Å²) < 4.78 is 10.3. The van der Waals surface area contributed by atoms with Gasteiger partial charge in [0.2, 0.25) is 0 Å². The van der Waals surface area contributed by atoms with Gasteiger partial charge >= 0.3 is 0 Å². The average molecular weight is 210 g/mol. The summed E-state index contributed by atoms with van der Waals surface area (Å²) >= 11 is 1.55. The lowest BCUT2D eigenvalue weighted by Crippen LogP contribution is -2.35. The molecule has 0 heterocycles. The fraction of sp³-hybridized carbons (Fsp3) is 1.00. The Morgan fingerprint density at radius 1 is 1.38 bits per heavy atom. The van der Waals surface area contributed by atoms with Crippen LogP contribution < -0.4 is 0 Å². The average Bonchev–Trinajstić information content (AvgIpc) is 2.09. The van der Waals surface area contributed by atoms with Gasteiger partial charge in [-0.2, -0.15) is 0 Å². The van der Waals surface area contributed by atoms with Crippen LogP contribution in [0.15, 0.2) is 0 Å². The molecule has 0 aliphatic carbocycles. The van der Waals surface area contributed by atoms with E-state index in [1.807, 2.05) is 6.26 Å². The van der Waals surface area contributed by atoms with Crippen molar-refractivity contribution in [3.63, 3.8) is 0 Å². The third-order valence-electron chi connectivity index (χ3n) is 1.52. The van der Waals surface area contributed by atoms with Crippen LogP contribution in [0.3, 0.4) is 0 Å². The SMILES string of the molecule is CSCOC(C)[C@@H](CO)OC(C)O. The predicted molar refractivity (Wildman–Crippen MR) is 52.6 cm³/mol. The second kappa shape index (κ2) is 7.58. The molecule has 0 fully saturated rings. The van der Waals surface area contributed by atoms with E-state index in [0.29, 0.717) is 5.94 Å². The summed E-state index contributed by atoms with van der Waals surface area (Å²) in [6.45, 7) is 3.16. The van der Waals surface area contributed by atoms with Crippen molar-refractivity contribution >= 4 is 11.8 Å². The van der Waals surface area contributed by atoms with Gasteiger partial charge in [-0.25, -0.2) is 0 Å². The summed E-state index contributed by atoms with van der Waals surface area (Å²) in [4.78, 5) is 0. The first kappa shape index (κ1) is 13.2. The van der Waals surface area contributed by atoms with Crippen molar-refractivity contribution in [2.75, 3.05) is 18.8 Å². The van der Waals surface area contributed by atoms with Gasteiger partial charge in [0, 0.05) is 0 Å². The molecule has 3 atom stereocenters. The molecule has 0 spiro atoms. The summed E-state index contributed by atoms with van der Waals surface area (Å²) in [5.41, 5.74) is 0. The summed E-state index contributed by atoms with van der Waals surface area (Å²) in [6, 6.07) is 0. The van der Waals surface area contributed by atoms with Crippen molar-refractivity contribution in [1.82, 2.24) is 0 Å². The quantitative estimate of drug-likeness (QED) is 0.597. The van der Waals surface area contributed by atoms with Gasteiger partial charge in [0.15, 0.2) is 6.29 Å². The minimum atomic E-state index is -0.877. The molecule has 2 N–H and O–H groups in total. The molecule has 2 unspecified atom stereocenters. The van der Waals surface area contributed by atoms with Crippen molar-refractivity contribution in [2.45, 2.75) is 32.3 Å². The van der Waals surface area contributed by atoms with Crippen LogP contribution in [0.4, 0.5) is 0 Å². The monoisotopic (exact) mass is 210 g/mol. The molecule has 0 saturated carbocycles. The minimum absolute atomic E-state index is 0.152. The Morgan fingerprint density at radius 2 is 2.00 bits per heavy atom. The maximum Gasteiger partial charge on any atom is 0.152 e. The molecule has 0 rings (SSSR count). The van der Waals surface area contributed by atoms with Gasteiger partial charge in [0.05, 0.1) is 18.6 Å². The first-order valence-electron chi connectivity index (χ1n) is 4.16. The summed E-state index contributed by atoms with van der Waals surface area (Å²) in [5.74, 6) is 0.556. The van der Waals surface area contributed by atoms with E-state index in [1.54, 1.807) is 18.7 Å². The van der Waals surface area contributed by atoms with Crippen LogP contribution in [0.2, 0.25) is 0 Å². The van der Waals surface area contributed by atoms with Gasteiger partial charge in [-0.15, -0.1) is 11.8 Å². The number of aliphatic hydroxyl groups excluding tert-OH is 2. The molecule has 4 nitrogen and oxygen atoms in total. The van der Waals surface area contributed by atoms with E-state index in [0.717, 1.165) is 0 Å². The molecule has 0 aromatic heterocycles. The number of hydrogen-bond acceptors (Lipinski definition) is 5. The maximum atomic E-state index is 8.93. The highest BCUT2D eigenvalue weighted by molar-refractivity contribution is 7.98. The molecule has 0 bridgehead atoms. The Labute approximate surface area is 83.2 Å². The molecule has 80 valence electrons. The van der Waals surface area contributed by atoms with Crippen LogP contribution in [-0.4, -0.2) is 47.5 Å². The topological polar surface area (TPSA) is 58.9 Å². The highest BCUT2D eigenvalue weighted by Gasteiger charge is 2.19. The number of aliphatic hydroxyl groups is 2. The van der Waals surface area contributed by atoms with E-state index >= 15 is 0 Å². The van der Waals surface area contributed by atoms with E-state index in [1.165, 1.54) is 6.92 Å². The van der Waals surface area contributed by atoms with E-state index in [2.05, 4.69) is 0 Å². The van der Waals surface area contributed by atoms with Crippen molar-refractivity contribution in [1.29, 1.82) is 0 Å². The molecular formula is C8H18O4S. The highest BCUT2D eigenvalue weighted by atomic mass is 32.2. The number of ether oxygens (including phenoxy) is 2. The first-order valence-corrected chi connectivity index (χ1v) is 5.56. The zero-order valence-electron chi connectivity index (χ0n) is 8.27. The van der Waals surface area contributed by atoms with Crippen molar-refractivity contribution in [2.24, 2.45) is 0 Å². The van der Waals surface area contributed by atoms with Crippen LogP contribution in [0, 0.1) is 0 Å². The predicted octanol–water partition coefficient (Wildman–Crippen LogP) is 0.428. The Kier molecular flexibility index (Phi) is 7.69. The Morgan fingerprint density at radius 3 is 2.38 bits per heavy atom. The fourth-order valence-corrected chi connectivity index (χ4v) is 1.19.